The van der Waals surface area contributed by atoms with E-state index >= 15 is 0 Å². The van der Waals surface area contributed by atoms with Gasteiger partial charge in [0.2, 0.25) is 0 Å². The second kappa shape index (κ2) is 9.68. The monoisotopic (exact) mass is 410 g/mol. The minimum atomic E-state index is 0.115. The van der Waals surface area contributed by atoms with Crippen LogP contribution in [0.25, 0.3) is 0 Å². The van der Waals surface area contributed by atoms with Gasteiger partial charge in [0, 0.05) is 37.6 Å². The third-order valence-corrected chi connectivity index (χ3v) is 6.65. The van der Waals surface area contributed by atoms with Crippen molar-refractivity contribution in [1.29, 1.82) is 0 Å². The summed E-state index contributed by atoms with van der Waals surface area (Å²) in [7, 11) is 0. The summed E-state index contributed by atoms with van der Waals surface area (Å²) >= 11 is 1.78. The zero-order valence-corrected chi connectivity index (χ0v) is 18.0. The molecular formula is C24H30N2O2S. The Morgan fingerprint density at radius 3 is 2.38 bits per heavy atom. The van der Waals surface area contributed by atoms with Crippen LogP contribution in [0.3, 0.4) is 0 Å². The summed E-state index contributed by atoms with van der Waals surface area (Å²) < 4.78 is 6.32. The zero-order chi connectivity index (χ0) is 20.1. The number of carbonyl (C=O) groups is 1. The largest absolute Gasteiger partial charge is 0.489 e. The van der Waals surface area contributed by atoms with Gasteiger partial charge in [0.25, 0.3) is 5.91 Å². The van der Waals surface area contributed by atoms with E-state index in [1.807, 2.05) is 29.2 Å². The highest BCUT2D eigenvalue weighted by Gasteiger charge is 2.25. The summed E-state index contributed by atoms with van der Waals surface area (Å²) in [5.74, 6) is 0.861. The maximum Gasteiger partial charge on any atom is 0.257 e. The van der Waals surface area contributed by atoms with Gasteiger partial charge in [-0.1, -0.05) is 24.3 Å². The van der Waals surface area contributed by atoms with Crippen molar-refractivity contribution in [3.63, 3.8) is 0 Å². The first kappa shape index (κ1) is 20.3. The SMILES string of the molecule is CSc1ccc(CN2CCC(Oc3ccccc3C(=O)N3CCCC3)CC2)cc1. The van der Waals surface area contributed by atoms with Crippen LogP contribution >= 0.6 is 11.8 Å². The number of piperidine rings is 1. The minimum Gasteiger partial charge on any atom is -0.489 e. The molecule has 2 aliphatic heterocycles. The molecule has 154 valence electrons. The van der Waals surface area contributed by atoms with Gasteiger partial charge in [-0.3, -0.25) is 9.69 Å². The van der Waals surface area contributed by atoms with Crippen molar-refractivity contribution in [2.75, 3.05) is 32.4 Å². The van der Waals surface area contributed by atoms with Crippen molar-refractivity contribution < 1.29 is 9.53 Å². The molecule has 4 nitrogen and oxygen atoms in total. The third kappa shape index (κ3) is 5.14. The Bertz CT molecular complexity index is 810. The van der Waals surface area contributed by atoms with E-state index in [0.717, 1.165) is 64.2 Å². The van der Waals surface area contributed by atoms with E-state index in [-0.39, 0.29) is 12.0 Å². The predicted octanol–water partition coefficient (Wildman–Crippen LogP) is 4.69. The Kier molecular flexibility index (Phi) is 6.78. The standard InChI is InChI=1S/C24H30N2O2S/c1-29-21-10-8-19(9-11-21)18-25-16-12-20(13-17-25)28-23-7-3-2-6-22(23)24(27)26-14-4-5-15-26/h2-3,6-11,20H,4-5,12-18H2,1H3. The van der Waals surface area contributed by atoms with E-state index in [4.69, 9.17) is 4.74 Å². The molecule has 2 aromatic carbocycles. The quantitative estimate of drug-likeness (QED) is 0.647. The van der Waals surface area contributed by atoms with Crippen LogP contribution in [0.1, 0.15) is 41.6 Å². The molecule has 0 spiro atoms. The first-order valence-corrected chi connectivity index (χ1v) is 11.9. The van der Waals surface area contributed by atoms with Crippen LogP contribution in [-0.4, -0.2) is 54.2 Å². The number of thioether (sulfide) groups is 1. The fourth-order valence-electron chi connectivity index (χ4n) is 4.19. The van der Waals surface area contributed by atoms with Gasteiger partial charge in [-0.25, -0.2) is 0 Å². The van der Waals surface area contributed by atoms with Crippen molar-refractivity contribution in [1.82, 2.24) is 9.80 Å². The van der Waals surface area contributed by atoms with Gasteiger partial charge in [0.15, 0.2) is 0 Å². The molecule has 0 saturated carbocycles. The molecule has 2 saturated heterocycles. The van der Waals surface area contributed by atoms with Gasteiger partial charge in [0.1, 0.15) is 11.9 Å². The molecule has 2 heterocycles. The van der Waals surface area contributed by atoms with Crippen LogP contribution in [0.5, 0.6) is 5.75 Å². The van der Waals surface area contributed by atoms with E-state index in [0.29, 0.717) is 5.56 Å². The lowest BCUT2D eigenvalue weighted by molar-refractivity contribution is 0.0765. The predicted molar refractivity (Wildman–Crippen MR) is 119 cm³/mol. The highest BCUT2D eigenvalue weighted by molar-refractivity contribution is 7.98. The molecule has 2 fully saturated rings. The summed E-state index contributed by atoms with van der Waals surface area (Å²) in [5.41, 5.74) is 2.08. The fourth-order valence-corrected chi connectivity index (χ4v) is 4.60. The molecule has 29 heavy (non-hydrogen) atoms. The minimum absolute atomic E-state index is 0.115. The number of likely N-dealkylation sites (tertiary alicyclic amines) is 2. The lowest BCUT2D eigenvalue weighted by Crippen LogP contribution is -2.38. The van der Waals surface area contributed by atoms with Crippen molar-refractivity contribution in [2.45, 2.75) is 43.2 Å². The number of nitrogens with zero attached hydrogens (tertiary/aromatic N) is 2. The summed E-state index contributed by atoms with van der Waals surface area (Å²) in [6.07, 6.45) is 6.49. The second-order valence-corrected chi connectivity index (χ2v) is 8.82. The molecule has 0 N–H and O–H groups in total. The summed E-state index contributed by atoms with van der Waals surface area (Å²) in [6.45, 7) is 4.77. The summed E-state index contributed by atoms with van der Waals surface area (Å²) in [4.78, 5) is 18.6. The third-order valence-electron chi connectivity index (χ3n) is 5.90. The van der Waals surface area contributed by atoms with E-state index < -0.39 is 0 Å². The Morgan fingerprint density at radius 2 is 1.69 bits per heavy atom. The van der Waals surface area contributed by atoms with Gasteiger partial charge in [-0.2, -0.15) is 0 Å². The number of para-hydroxylation sites is 1. The fraction of sp³-hybridized carbons (Fsp3) is 0.458. The summed E-state index contributed by atoms with van der Waals surface area (Å²) in [5, 5.41) is 0. The van der Waals surface area contributed by atoms with Gasteiger partial charge in [-0.05, 0) is 61.8 Å². The molecule has 0 aromatic heterocycles. The van der Waals surface area contributed by atoms with Crippen LogP contribution in [0.2, 0.25) is 0 Å². The molecule has 0 unspecified atom stereocenters. The van der Waals surface area contributed by atoms with Crippen molar-refractivity contribution >= 4 is 17.7 Å². The molecular weight excluding hydrogens is 380 g/mol. The van der Waals surface area contributed by atoms with Crippen molar-refractivity contribution in [3.05, 3.63) is 59.7 Å². The molecule has 0 atom stereocenters. The van der Waals surface area contributed by atoms with Crippen LogP contribution < -0.4 is 4.74 Å². The van der Waals surface area contributed by atoms with Crippen molar-refractivity contribution in [2.24, 2.45) is 0 Å². The lowest BCUT2D eigenvalue weighted by Gasteiger charge is -2.32. The Labute approximate surface area is 178 Å². The van der Waals surface area contributed by atoms with E-state index in [1.165, 1.54) is 10.5 Å². The molecule has 1 amide bonds. The topological polar surface area (TPSA) is 32.8 Å². The Balaban J connectivity index is 1.32. The van der Waals surface area contributed by atoms with Crippen LogP contribution in [0, 0.1) is 0 Å². The van der Waals surface area contributed by atoms with Crippen LogP contribution in [-0.2, 0) is 6.54 Å². The van der Waals surface area contributed by atoms with E-state index in [9.17, 15) is 4.79 Å². The van der Waals surface area contributed by atoms with Gasteiger partial charge in [-0.15, -0.1) is 11.8 Å². The number of hydrogen-bond donors (Lipinski definition) is 0. The molecule has 0 aliphatic carbocycles. The molecule has 0 bridgehead atoms. The number of ether oxygens (including phenoxy) is 1. The molecule has 2 aliphatic rings. The van der Waals surface area contributed by atoms with E-state index in [1.54, 1.807) is 11.8 Å². The van der Waals surface area contributed by atoms with E-state index in [2.05, 4.69) is 35.4 Å². The van der Waals surface area contributed by atoms with Crippen LogP contribution in [0.4, 0.5) is 0 Å². The van der Waals surface area contributed by atoms with Crippen molar-refractivity contribution in [3.8, 4) is 5.75 Å². The molecule has 4 rings (SSSR count). The first-order chi connectivity index (χ1) is 14.2. The maximum absolute atomic E-state index is 12.8. The van der Waals surface area contributed by atoms with Gasteiger partial charge < -0.3 is 9.64 Å². The van der Waals surface area contributed by atoms with Crippen LogP contribution in [0.15, 0.2) is 53.4 Å². The number of hydrogen-bond acceptors (Lipinski definition) is 4. The van der Waals surface area contributed by atoms with Gasteiger partial charge in [0.05, 0.1) is 5.56 Å². The highest BCUT2D eigenvalue weighted by atomic mass is 32.2. The first-order valence-electron chi connectivity index (χ1n) is 10.6. The average molecular weight is 411 g/mol. The number of rotatable bonds is 6. The smallest absolute Gasteiger partial charge is 0.257 e. The number of carbonyl (C=O) groups excluding carboxylic acids is 1. The Morgan fingerprint density at radius 1 is 1.00 bits per heavy atom. The Hall–Kier alpha value is -1.98. The molecule has 0 radical (unpaired) electrons. The average Bonchev–Trinajstić information content (AvgIpc) is 3.31. The number of amides is 1. The van der Waals surface area contributed by atoms with Gasteiger partial charge >= 0.3 is 0 Å². The maximum atomic E-state index is 12.8. The lowest BCUT2D eigenvalue weighted by atomic mass is 10.1. The summed E-state index contributed by atoms with van der Waals surface area (Å²) in [6, 6.07) is 16.6. The molecule has 5 heteroatoms. The highest BCUT2D eigenvalue weighted by Crippen LogP contribution is 2.26. The second-order valence-electron chi connectivity index (χ2n) is 7.94. The number of benzene rings is 2. The zero-order valence-electron chi connectivity index (χ0n) is 17.2. The normalized spacial score (nSPS) is 18.2. The molecule has 2 aromatic rings.